The van der Waals surface area contributed by atoms with Gasteiger partial charge in [-0.1, -0.05) is 36.0 Å². The average molecular weight is 349 g/mol. The summed E-state index contributed by atoms with van der Waals surface area (Å²) < 4.78 is 9.63. The van der Waals surface area contributed by atoms with Crippen LogP contribution in [-0.4, -0.2) is 30.3 Å². The van der Waals surface area contributed by atoms with Crippen LogP contribution in [0.3, 0.4) is 0 Å². The van der Waals surface area contributed by atoms with Crippen molar-refractivity contribution in [3.8, 4) is 23.0 Å². The summed E-state index contributed by atoms with van der Waals surface area (Å²) in [5.41, 5.74) is 1.73. The summed E-state index contributed by atoms with van der Waals surface area (Å²) in [6.45, 7) is 3.70. The van der Waals surface area contributed by atoms with Crippen LogP contribution < -0.4 is 0 Å². The fourth-order valence-corrected chi connectivity index (χ4v) is 2.98. The summed E-state index contributed by atoms with van der Waals surface area (Å²) >= 11 is 1.45. The quantitative estimate of drug-likeness (QED) is 0.389. The Morgan fingerprint density at radius 3 is 2.64 bits per heavy atom. The normalized spacial score (nSPS) is 10.9. The Hall–Kier alpha value is -3.06. The molecule has 3 aromatic heterocycles. The van der Waals surface area contributed by atoms with Gasteiger partial charge in [0.1, 0.15) is 5.56 Å². The van der Waals surface area contributed by atoms with E-state index >= 15 is 0 Å². The van der Waals surface area contributed by atoms with Crippen LogP contribution in [0.4, 0.5) is 0 Å². The maximum Gasteiger partial charge on any atom is 0.277 e. The highest BCUT2D eigenvalue weighted by molar-refractivity contribution is 7.99. The van der Waals surface area contributed by atoms with Crippen molar-refractivity contribution in [2.75, 3.05) is 5.75 Å². The second kappa shape index (κ2) is 6.82. The number of thioether (sulfide) groups is 1. The maximum atomic E-state index is 5.79. The van der Waals surface area contributed by atoms with Crippen molar-refractivity contribution >= 4 is 11.8 Å². The third-order valence-corrected chi connectivity index (χ3v) is 4.37. The Labute approximate surface area is 148 Å². The van der Waals surface area contributed by atoms with Crippen molar-refractivity contribution in [3.63, 3.8) is 0 Å². The monoisotopic (exact) mass is 349 g/mol. The maximum absolute atomic E-state index is 5.79. The summed E-state index contributed by atoms with van der Waals surface area (Å²) in [5.74, 6) is 2.01. The molecule has 0 saturated carbocycles. The molecule has 0 N–H and O–H groups in total. The molecule has 7 heteroatoms. The molecule has 3 heterocycles. The lowest BCUT2D eigenvalue weighted by Gasteiger charge is -2.09. The van der Waals surface area contributed by atoms with Gasteiger partial charge in [-0.3, -0.25) is 0 Å². The van der Waals surface area contributed by atoms with Crippen LogP contribution in [0, 0.1) is 0 Å². The predicted octanol–water partition coefficient (Wildman–Crippen LogP) is 3.99. The Bertz CT molecular complexity index is 972. The molecular formula is C18H15N5OS. The molecule has 0 saturated heterocycles. The van der Waals surface area contributed by atoms with Gasteiger partial charge in [-0.25, -0.2) is 4.68 Å². The summed E-state index contributed by atoms with van der Waals surface area (Å²) in [5, 5.41) is 13.3. The second-order valence-electron chi connectivity index (χ2n) is 5.19. The minimum absolute atomic E-state index is 0.442. The van der Waals surface area contributed by atoms with E-state index in [0.29, 0.717) is 11.1 Å². The largest absolute Gasteiger partial charge is 0.411 e. The van der Waals surface area contributed by atoms with Crippen LogP contribution in [-0.2, 0) is 0 Å². The van der Waals surface area contributed by atoms with Gasteiger partial charge in [-0.15, -0.1) is 16.8 Å². The number of rotatable bonds is 6. The van der Waals surface area contributed by atoms with E-state index in [-0.39, 0.29) is 0 Å². The summed E-state index contributed by atoms with van der Waals surface area (Å²) in [4.78, 5) is 0. The van der Waals surface area contributed by atoms with E-state index in [1.165, 1.54) is 11.8 Å². The minimum atomic E-state index is 0.442. The second-order valence-corrected chi connectivity index (χ2v) is 6.16. The SMILES string of the molecule is C=CCSc1nnc(-c2cnn(-c3ccccc3)c2-n2cccc2)o1. The fraction of sp³-hybridized carbons (Fsp3) is 0.0556. The zero-order valence-electron chi connectivity index (χ0n) is 13.3. The summed E-state index contributed by atoms with van der Waals surface area (Å²) in [6.07, 6.45) is 7.47. The molecule has 6 nitrogen and oxygen atoms in total. The van der Waals surface area contributed by atoms with Gasteiger partial charge in [0.25, 0.3) is 11.1 Å². The zero-order chi connectivity index (χ0) is 17.1. The van der Waals surface area contributed by atoms with E-state index in [0.717, 1.165) is 22.8 Å². The van der Waals surface area contributed by atoms with Crippen LogP contribution >= 0.6 is 11.8 Å². The van der Waals surface area contributed by atoms with Crippen LogP contribution in [0.25, 0.3) is 23.0 Å². The molecule has 4 aromatic rings. The lowest BCUT2D eigenvalue weighted by molar-refractivity contribution is 0.466. The Morgan fingerprint density at radius 1 is 1.08 bits per heavy atom. The van der Waals surface area contributed by atoms with Gasteiger partial charge in [-0.05, 0) is 24.3 Å². The van der Waals surface area contributed by atoms with Crippen molar-refractivity contribution < 1.29 is 4.42 Å². The predicted molar refractivity (Wildman–Crippen MR) is 97.1 cm³/mol. The van der Waals surface area contributed by atoms with Crippen LogP contribution in [0.15, 0.2) is 83.3 Å². The first-order chi connectivity index (χ1) is 12.4. The molecule has 0 unspecified atom stereocenters. The molecule has 0 bridgehead atoms. The average Bonchev–Trinajstić information content (AvgIpc) is 3.39. The van der Waals surface area contributed by atoms with Crippen molar-refractivity contribution in [1.82, 2.24) is 24.5 Å². The molecule has 0 amide bonds. The van der Waals surface area contributed by atoms with E-state index < -0.39 is 0 Å². The van der Waals surface area contributed by atoms with Gasteiger partial charge in [0.15, 0.2) is 5.82 Å². The molecule has 25 heavy (non-hydrogen) atoms. The Balaban J connectivity index is 1.82. The Kier molecular flexibility index (Phi) is 4.22. The van der Waals surface area contributed by atoms with Crippen molar-refractivity contribution in [3.05, 3.63) is 73.7 Å². The summed E-state index contributed by atoms with van der Waals surface area (Å²) in [6, 6.07) is 13.9. The molecule has 124 valence electrons. The number of nitrogens with zero attached hydrogens (tertiary/aromatic N) is 5. The number of hydrogen-bond donors (Lipinski definition) is 0. The smallest absolute Gasteiger partial charge is 0.277 e. The highest BCUT2D eigenvalue weighted by atomic mass is 32.2. The van der Waals surface area contributed by atoms with Crippen LogP contribution in [0.1, 0.15) is 0 Å². The first-order valence-electron chi connectivity index (χ1n) is 7.71. The molecule has 0 radical (unpaired) electrons. The molecule has 0 aliphatic rings. The molecule has 4 rings (SSSR count). The molecule has 1 aromatic carbocycles. The van der Waals surface area contributed by atoms with E-state index in [1.54, 1.807) is 12.3 Å². The lowest BCUT2D eigenvalue weighted by atomic mass is 10.3. The number of para-hydroxylation sites is 1. The van der Waals surface area contributed by atoms with Gasteiger partial charge in [-0.2, -0.15) is 5.10 Å². The Morgan fingerprint density at radius 2 is 1.88 bits per heavy atom. The minimum Gasteiger partial charge on any atom is -0.411 e. The van der Waals surface area contributed by atoms with Gasteiger partial charge in [0.2, 0.25) is 0 Å². The van der Waals surface area contributed by atoms with E-state index in [9.17, 15) is 0 Å². The third-order valence-electron chi connectivity index (χ3n) is 3.56. The van der Waals surface area contributed by atoms with Gasteiger partial charge < -0.3 is 8.98 Å². The first-order valence-corrected chi connectivity index (χ1v) is 8.70. The molecule has 0 atom stereocenters. The van der Waals surface area contributed by atoms with Gasteiger partial charge in [0, 0.05) is 18.1 Å². The highest BCUT2D eigenvalue weighted by Crippen LogP contribution is 2.30. The first kappa shape index (κ1) is 15.5. The molecule has 0 fully saturated rings. The van der Waals surface area contributed by atoms with Crippen LogP contribution in [0.2, 0.25) is 0 Å². The standard InChI is InChI=1S/C18H15N5OS/c1-2-12-25-18-21-20-16(24-18)15-13-19-23(14-8-4-3-5-9-14)17(15)22-10-6-7-11-22/h2-11,13H,1,12H2. The fourth-order valence-electron chi connectivity index (χ4n) is 2.48. The van der Waals surface area contributed by atoms with E-state index in [4.69, 9.17) is 4.42 Å². The van der Waals surface area contributed by atoms with Crippen molar-refractivity contribution in [1.29, 1.82) is 0 Å². The number of hydrogen-bond acceptors (Lipinski definition) is 5. The molecule has 0 aliphatic heterocycles. The highest BCUT2D eigenvalue weighted by Gasteiger charge is 2.20. The van der Waals surface area contributed by atoms with Crippen molar-refractivity contribution in [2.45, 2.75) is 5.22 Å². The van der Waals surface area contributed by atoms with E-state index in [1.807, 2.05) is 64.1 Å². The number of aromatic nitrogens is 5. The molecule has 0 spiro atoms. The van der Waals surface area contributed by atoms with Crippen molar-refractivity contribution in [2.24, 2.45) is 0 Å². The topological polar surface area (TPSA) is 61.7 Å². The molecular weight excluding hydrogens is 334 g/mol. The zero-order valence-corrected chi connectivity index (χ0v) is 14.1. The van der Waals surface area contributed by atoms with Crippen LogP contribution in [0.5, 0.6) is 0 Å². The van der Waals surface area contributed by atoms with Gasteiger partial charge >= 0.3 is 0 Å². The lowest BCUT2D eigenvalue weighted by Crippen LogP contribution is -2.04. The number of benzene rings is 1. The summed E-state index contributed by atoms with van der Waals surface area (Å²) in [7, 11) is 0. The third kappa shape index (κ3) is 3.01. The van der Waals surface area contributed by atoms with Gasteiger partial charge in [0.05, 0.1) is 11.9 Å². The van der Waals surface area contributed by atoms with E-state index in [2.05, 4.69) is 21.9 Å². The molecule has 0 aliphatic carbocycles.